The lowest BCUT2D eigenvalue weighted by Gasteiger charge is -2.27. The van der Waals surface area contributed by atoms with Gasteiger partial charge in [0.15, 0.2) is 0 Å². The van der Waals surface area contributed by atoms with Crippen molar-refractivity contribution in [2.45, 2.75) is 78.7 Å². The van der Waals surface area contributed by atoms with E-state index >= 15 is 4.39 Å². The third-order valence-electron chi connectivity index (χ3n) is 8.14. The molecule has 0 radical (unpaired) electrons. The average Bonchev–Trinajstić information content (AvgIpc) is 3.49. The molecule has 48 heavy (non-hydrogen) atoms. The molecule has 4 aromatic rings. The normalized spacial score (nSPS) is 13.1. The molecular formula is C35H37F5N4O4. The van der Waals surface area contributed by atoms with Crippen LogP contribution in [0.5, 0.6) is 0 Å². The van der Waals surface area contributed by atoms with Crippen molar-refractivity contribution in [3.8, 4) is 11.1 Å². The number of pyridine rings is 1. The molecule has 0 aliphatic carbocycles. The van der Waals surface area contributed by atoms with Gasteiger partial charge in [0.2, 0.25) is 5.91 Å². The predicted octanol–water partition coefficient (Wildman–Crippen LogP) is 7.10. The lowest BCUT2D eigenvalue weighted by Crippen LogP contribution is -2.41. The van der Waals surface area contributed by atoms with E-state index in [-0.39, 0.29) is 42.0 Å². The number of benzene rings is 2. The summed E-state index contributed by atoms with van der Waals surface area (Å²) in [5.74, 6) is -3.67. The summed E-state index contributed by atoms with van der Waals surface area (Å²) in [7, 11) is 0. The van der Waals surface area contributed by atoms with E-state index in [9.17, 15) is 37.1 Å². The standard InChI is InChI=1S/C35H37F5N4O4/c1-19(2)10-29(44-17-23(6-8-43-9-7-41-18-43)27(15-30(44)45)35(38,39)40)34(48)42-28(16-31(46)47)26-14-24(11-22(5)33(26)37)32-20(3)12-25(36)13-21(32)4/h7,9,11-15,17-19,28-29H,6,8,10,16H2,1-5H3,(H,42,48)(H,46,47)/t28-,29+/m0/s1. The van der Waals surface area contributed by atoms with Crippen molar-refractivity contribution >= 4 is 11.9 Å². The van der Waals surface area contributed by atoms with Crippen molar-refractivity contribution in [1.29, 1.82) is 0 Å². The number of nitrogens with one attached hydrogen (secondary N) is 1. The average molecular weight is 673 g/mol. The van der Waals surface area contributed by atoms with Gasteiger partial charge in [-0.3, -0.25) is 14.4 Å². The Labute approximate surface area is 274 Å². The summed E-state index contributed by atoms with van der Waals surface area (Å²) in [5, 5.41) is 12.4. The number of nitrogens with zero attached hydrogens (tertiary/aromatic N) is 3. The smallest absolute Gasteiger partial charge is 0.416 e. The third-order valence-corrected chi connectivity index (χ3v) is 8.14. The van der Waals surface area contributed by atoms with E-state index in [1.807, 2.05) is 0 Å². The van der Waals surface area contributed by atoms with Crippen LogP contribution >= 0.6 is 0 Å². The minimum Gasteiger partial charge on any atom is -0.481 e. The van der Waals surface area contributed by atoms with Crippen LogP contribution < -0.4 is 10.9 Å². The second-order valence-electron chi connectivity index (χ2n) is 12.4. The molecule has 1 amide bonds. The monoisotopic (exact) mass is 672 g/mol. The Hall–Kier alpha value is -4.81. The Balaban J connectivity index is 1.79. The van der Waals surface area contributed by atoms with E-state index < -0.39 is 59.3 Å². The maximum absolute atomic E-state index is 15.7. The molecule has 13 heteroatoms. The van der Waals surface area contributed by atoms with Gasteiger partial charge in [0, 0.05) is 36.8 Å². The van der Waals surface area contributed by atoms with Gasteiger partial charge in [-0.25, -0.2) is 13.8 Å². The number of hydrogen-bond donors (Lipinski definition) is 2. The number of aliphatic carboxylic acids is 1. The third kappa shape index (κ3) is 8.36. The molecule has 0 saturated heterocycles. The van der Waals surface area contributed by atoms with Crippen molar-refractivity contribution in [1.82, 2.24) is 19.4 Å². The molecule has 256 valence electrons. The van der Waals surface area contributed by atoms with Crippen LogP contribution in [0.3, 0.4) is 0 Å². The number of aromatic nitrogens is 3. The Morgan fingerprint density at radius 3 is 2.23 bits per heavy atom. The first-order valence-electron chi connectivity index (χ1n) is 15.3. The fraction of sp³-hybridized carbons (Fsp3) is 0.371. The fourth-order valence-corrected chi connectivity index (χ4v) is 6.00. The van der Waals surface area contributed by atoms with Crippen LogP contribution in [0.25, 0.3) is 11.1 Å². The van der Waals surface area contributed by atoms with Crippen molar-refractivity contribution in [2.75, 3.05) is 0 Å². The molecule has 0 fully saturated rings. The minimum absolute atomic E-state index is 0.00732. The molecule has 2 aromatic carbocycles. The Morgan fingerprint density at radius 1 is 1.00 bits per heavy atom. The number of alkyl halides is 3. The molecule has 0 unspecified atom stereocenters. The maximum Gasteiger partial charge on any atom is 0.416 e. The van der Waals surface area contributed by atoms with E-state index in [0.29, 0.717) is 28.3 Å². The molecule has 2 N–H and O–H groups in total. The first-order valence-corrected chi connectivity index (χ1v) is 15.3. The largest absolute Gasteiger partial charge is 0.481 e. The first kappa shape index (κ1) is 36.0. The summed E-state index contributed by atoms with van der Waals surface area (Å²) >= 11 is 0. The summed E-state index contributed by atoms with van der Waals surface area (Å²) in [6.45, 7) is 8.47. The summed E-state index contributed by atoms with van der Waals surface area (Å²) in [5.41, 5.74) is -0.214. The van der Waals surface area contributed by atoms with Gasteiger partial charge in [-0.05, 0) is 97.2 Å². The highest BCUT2D eigenvalue weighted by Crippen LogP contribution is 2.35. The summed E-state index contributed by atoms with van der Waals surface area (Å²) in [6, 6.07) is 3.27. The van der Waals surface area contributed by atoms with Crippen LogP contribution in [0.1, 0.15) is 72.2 Å². The number of aryl methyl sites for hydroxylation is 5. The van der Waals surface area contributed by atoms with Crippen molar-refractivity contribution in [3.05, 3.63) is 111 Å². The number of carbonyl (C=O) groups is 2. The number of carboxylic acid groups (broad SMARTS) is 1. The fourth-order valence-electron chi connectivity index (χ4n) is 6.00. The predicted molar refractivity (Wildman–Crippen MR) is 169 cm³/mol. The van der Waals surface area contributed by atoms with Gasteiger partial charge in [0.1, 0.15) is 17.7 Å². The lowest BCUT2D eigenvalue weighted by molar-refractivity contribution is -0.139. The summed E-state index contributed by atoms with van der Waals surface area (Å²) < 4.78 is 74.3. The number of carboxylic acids is 1. The van der Waals surface area contributed by atoms with E-state index in [4.69, 9.17) is 0 Å². The van der Waals surface area contributed by atoms with Crippen molar-refractivity contribution in [2.24, 2.45) is 5.92 Å². The van der Waals surface area contributed by atoms with Crippen LogP contribution in [0.4, 0.5) is 22.0 Å². The SMILES string of the molecule is Cc1cc(-c2c(C)cc(F)cc2C)cc([C@H](CC(=O)O)NC(=O)[C@@H](CC(C)C)n2cc(CCn3ccnc3)c(C(F)(F)F)cc2=O)c1F. The van der Waals surface area contributed by atoms with Gasteiger partial charge in [0.25, 0.3) is 5.56 Å². The summed E-state index contributed by atoms with van der Waals surface area (Å²) in [6.07, 6.45) is -0.191. The zero-order valence-electron chi connectivity index (χ0n) is 27.2. The van der Waals surface area contributed by atoms with Crippen LogP contribution in [0.15, 0.2) is 60.0 Å². The molecule has 0 spiro atoms. The van der Waals surface area contributed by atoms with Crippen molar-refractivity contribution in [3.63, 3.8) is 0 Å². The van der Waals surface area contributed by atoms with E-state index in [1.165, 1.54) is 37.6 Å². The minimum atomic E-state index is -4.84. The number of imidazole rings is 1. The Bertz CT molecular complexity index is 1840. The van der Waals surface area contributed by atoms with Gasteiger partial charge in [-0.2, -0.15) is 13.2 Å². The van der Waals surface area contributed by atoms with Gasteiger partial charge in [0.05, 0.1) is 24.4 Å². The highest BCUT2D eigenvalue weighted by atomic mass is 19.4. The van der Waals surface area contributed by atoms with Gasteiger partial charge >= 0.3 is 12.1 Å². The van der Waals surface area contributed by atoms with Crippen LogP contribution in [0, 0.1) is 38.3 Å². The summed E-state index contributed by atoms with van der Waals surface area (Å²) in [4.78, 5) is 43.1. The lowest BCUT2D eigenvalue weighted by atomic mass is 9.90. The quantitative estimate of drug-likeness (QED) is 0.156. The van der Waals surface area contributed by atoms with Gasteiger partial charge in [-0.1, -0.05) is 13.8 Å². The Kier molecular flexibility index (Phi) is 10.9. The molecule has 8 nitrogen and oxygen atoms in total. The number of amides is 1. The second-order valence-corrected chi connectivity index (χ2v) is 12.4. The zero-order valence-corrected chi connectivity index (χ0v) is 27.2. The zero-order chi connectivity index (χ0) is 35.5. The van der Waals surface area contributed by atoms with E-state index in [2.05, 4.69) is 10.3 Å². The highest BCUT2D eigenvalue weighted by molar-refractivity contribution is 5.82. The number of rotatable bonds is 12. The molecule has 2 atom stereocenters. The number of hydrogen-bond acceptors (Lipinski definition) is 4. The first-order chi connectivity index (χ1) is 22.5. The molecule has 0 bridgehead atoms. The molecular weight excluding hydrogens is 635 g/mol. The van der Waals surface area contributed by atoms with Crippen molar-refractivity contribution < 1.29 is 36.6 Å². The topological polar surface area (TPSA) is 106 Å². The van der Waals surface area contributed by atoms with E-state index in [0.717, 1.165) is 10.8 Å². The number of halogens is 5. The second kappa shape index (κ2) is 14.5. The molecule has 2 aromatic heterocycles. The van der Waals surface area contributed by atoms with Gasteiger partial charge < -0.3 is 19.6 Å². The maximum atomic E-state index is 15.7. The number of carbonyl (C=O) groups excluding carboxylic acids is 1. The van der Waals surface area contributed by atoms with Gasteiger partial charge in [-0.15, -0.1) is 0 Å². The highest BCUT2D eigenvalue weighted by Gasteiger charge is 2.36. The van der Waals surface area contributed by atoms with Crippen LogP contribution in [0.2, 0.25) is 0 Å². The van der Waals surface area contributed by atoms with Crippen LogP contribution in [-0.4, -0.2) is 31.1 Å². The molecule has 0 aliphatic rings. The van der Waals surface area contributed by atoms with E-state index in [1.54, 1.807) is 44.5 Å². The molecule has 0 saturated carbocycles. The molecule has 0 aliphatic heterocycles. The molecule has 4 rings (SSSR count). The molecule has 2 heterocycles. The van der Waals surface area contributed by atoms with Crippen LogP contribution in [-0.2, 0) is 28.7 Å². The Morgan fingerprint density at radius 2 is 1.67 bits per heavy atom.